The van der Waals surface area contributed by atoms with Crippen LogP contribution in [0.15, 0.2) is 36.9 Å². The van der Waals surface area contributed by atoms with Gasteiger partial charge in [0.15, 0.2) is 6.10 Å². The minimum Gasteiger partial charge on any atom is -0.481 e. The molecule has 0 saturated heterocycles. The Balaban J connectivity index is 2.49. The first-order valence-electron chi connectivity index (χ1n) is 6.50. The molecule has 1 unspecified atom stereocenters. The molecule has 7 nitrogen and oxygen atoms in total. The molecular formula is C15H17NO6. The van der Waals surface area contributed by atoms with Crippen LogP contribution in [0.3, 0.4) is 0 Å². The zero-order valence-electron chi connectivity index (χ0n) is 11.8. The quantitative estimate of drug-likeness (QED) is 0.368. The first kappa shape index (κ1) is 17.4. The molecule has 1 atom stereocenters. The summed E-state index contributed by atoms with van der Waals surface area (Å²) in [6.07, 6.45) is -1.12. The lowest BCUT2D eigenvalue weighted by atomic mass is 10.1. The van der Waals surface area contributed by atoms with Crippen LogP contribution < -0.4 is 5.32 Å². The van der Waals surface area contributed by atoms with E-state index < -0.39 is 30.4 Å². The van der Waals surface area contributed by atoms with Gasteiger partial charge in [-0.15, -0.1) is 6.58 Å². The van der Waals surface area contributed by atoms with Crippen LogP contribution in [0.2, 0.25) is 0 Å². The molecule has 0 aromatic heterocycles. The van der Waals surface area contributed by atoms with Gasteiger partial charge in [0.1, 0.15) is 0 Å². The van der Waals surface area contributed by atoms with Crippen LogP contribution in [-0.4, -0.2) is 40.8 Å². The van der Waals surface area contributed by atoms with Crippen LogP contribution in [0.5, 0.6) is 0 Å². The van der Waals surface area contributed by atoms with Gasteiger partial charge in [0.2, 0.25) is 0 Å². The molecule has 0 aliphatic heterocycles. The molecule has 1 rings (SSSR count). The fourth-order valence-electron chi connectivity index (χ4n) is 1.56. The standard InChI is InChI=1S/C15H17NO6/c1-2-7-16-11-5-3-10(4-6-11)8-14(20)22-15(21)12(17)9-13(18)19/h2-6,12,16-17H,1,7-9H2,(H,18,19). The highest BCUT2D eigenvalue weighted by atomic mass is 16.6. The molecule has 118 valence electrons. The molecule has 0 bridgehead atoms. The summed E-state index contributed by atoms with van der Waals surface area (Å²) in [5, 5.41) is 20.7. The number of carboxylic acids is 1. The number of ether oxygens (including phenoxy) is 1. The molecule has 0 radical (unpaired) electrons. The molecule has 0 aliphatic rings. The van der Waals surface area contributed by atoms with E-state index in [1.807, 2.05) is 0 Å². The highest BCUT2D eigenvalue weighted by Crippen LogP contribution is 2.10. The summed E-state index contributed by atoms with van der Waals surface area (Å²) < 4.78 is 4.39. The summed E-state index contributed by atoms with van der Waals surface area (Å²) >= 11 is 0. The zero-order chi connectivity index (χ0) is 16.5. The number of aliphatic hydroxyl groups is 1. The Hall–Kier alpha value is -2.67. The summed E-state index contributed by atoms with van der Waals surface area (Å²) in [4.78, 5) is 33.1. The summed E-state index contributed by atoms with van der Waals surface area (Å²) in [6, 6.07) is 6.89. The molecule has 1 aromatic carbocycles. The fraction of sp³-hybridized carbons (Fsp3) is 0.267. The highest BCUT2D eigenvalue weighted by molar-refractivity contribution is 5.90. The third kappa shape index (κ3) is 6.19. The number of hydrogen-bond acceptors (Lipinski definition) is 6. The Labute approximate surface area is 127 Å². The highest BCUT2D eigenvalue weighted by Gasteiger charge is 2.22. The first-order chi connectivity index (χ1) is 10.4. The molecule has 1 aromatic rings. The maximum atomic E-state index is 11.5. The number of aliphatic carboxylic acids is 1. The maximum absolute atomic E-state index is 11.5. The van der Waals surface area contributed by atoms with Crippen LogP contribution in [0.1, 0.15) is 12.0 Å². The monoisotopic (exact) mass is 307 g/mol. The summed E-state index contributed by atoms with van der Waals surface area (Å²) in [5.74, 6) is -3.49. The Bertz CT molecular complexity index is 552. The number of esters is 2. The number of aliphatic hydroxyl groups excluding tert-OH is 1. The van der Waals surface area contributed by atoms with Gasteiger partial charge in [-0.2, -0.15) is 0 Å². The number of rotatable bonds is 8. The van der Waals surface area contributed by atoms with E-state index in [0.717, 1.165) is 5.69 Å². The predicted molar refractivity (Wildman–Crippen MR) is 78.2 cm³/mol. The van der Waals surface area contributed by atoms with Crippen molar-refractivity contribution in [3.8, 4) is 0 Å². The van der Waals surface area contributed by atoms with Crippen molar-refractivity contribution < 1.29 is 29.3 Å². The van der Waals surface area contributed by atoms with E-state index in [1.165, 1.54) is 0 Å². The Morgan fingerprint density at radius 3 is 2.45 bits per heavy atom. The van der Waals surface area contributed by atoms with Gasteiger partial charge in [0.25, 0.3) is 0 Å². The van der Waals surface area contributed by atoms with Crippen molar-refractivity contribution >= 4 is 23.6 Å². The van der Waals surface area contributed by atoms with Crippen molar-refractivity contribution in [3.05, 3.63) is 42.5 Å². The van der Waals surface area contributed by atoms with Crippen LogP contribution in [0, 0.1) is 0 Å². The number of hydrogen-bond donors (Lipinski definition) is 3. The number of carbonyl (C=O) groups excluding carboxylic acids is 2. The summed E-state index contributed by atoms with van der Waals surface area (Å²) in [6.45, 7) is 4.19. The second-order valence-corrected chi connectivity index (χ2v) is 4.45. The molecule has 0 spiro atoms. The van der Waals surface area contributed by atoms with E-state index >= 15 is 0 Å². The van der Waals surface area contributed by atoms with Crippen LogP contribution in [0.4, 0.5) is 5.69 Å². The topological polar surface area (TPSA) is 113 Å². The number of carbonyl (C=O) groups is 3. The van der Waals surface area contributed by atoms with Gasteiger partial charge in [-0.05, 0) is 17.7 Å². The molecule has 7 heteroatoms. The third-order valence-corrected chi connectivity index (χ3v) is 2.61. The molecule has 0 heterocycles. The summed E-state index contributed by atoms with van der Waals surface area (Å²) in [7, 11) is 0. The molecule has 3 N–H and O–H groups in total. The SMILES string of the molecule is C=CCNc1ccc(CC(=O)OC(=O)C(O)CC(=O)O)cc1. The van der Waals surface area contributed by atoms with Gasteiger partial charge in [-0.3, -0.25) is 9.59 Å². The molecule has 22 heavy (non-hydrogen) atoms. The average molecular weight is 307 g/mol. The lowest BCUT2D eigenvalue weighted by Crippen LogP contribution is -2.28. The Kier molecular flexibility index (Phi) is 6.78. The normalized spacial score (nSPS) is 11.3. The first-order valence-corrected chi connectivity index (χ1v) is 6.50. The zero-order valence-corrected chi connectivity index (χ0v) is 11.8. The van der Waals surface area contributed by atoms with Crippen molar-refractivity contribution in [2.75, 3.05) is 11.9 Å². The number of anilines is 1. The largest absolute Gasteiger partial charge is 0.481 e. The van der Waals surface area contributed by atoms with Gasteiger partial charge in [-0.1, -0.05) is 18.2 Å². The molecule has 0 amide bonds. The van der Waals surface area contributed by atoms with E-state index in [4.69, 9.17) is 5.11 Å². The van der Waals surface area contributed by atoms with Crippen molar-refractivity contribution in [1.82, 2.24) is 0 Å². The number of nitrogens with one attached hydrogen (secondary N) is 1. The van der Waals surface area contributed by atoms with Crippen molar-refractivity contribution in [2.24, 2.45) is 0 Å². The minimum absolute atomic E-state index is 0.159. The Morgan fingerprint density at radius 2 is 1.91 bits per heavy atom. The van der Waals surface area contributed by atoms with Crippen LogP contribution in [0.25, 0.3) is 0 Å². The van der Waals surface area contributed by atoms with Crippen LogP contribution >= 0.6 is 0 Å². The van der Waals surface area contributed by atoms with Crippen LogP contribution in [-0.2, 0) is 25.5 Å². The Morgan fingerprint density at radius 1 is 1.27 bits per heavy atom. The molecule has 0 fully saturated rings. The third-order valence-electron chi connectivity index (χ3n) is 2.61. The van der Waals surface area contributed by atoms with Crippen molar-refractivity contribution in [2.45, 2.75) is 18.9 Å². The lowest BCUT2D eigenvalue weighted by molar-refractivity contribution is -0.167. The average Bonchev–Trinajstić information content (AvgIpc) is 2.45. The fourth-order valence-corrected chi connectivity index (χ4v) is 1.56. The smallest absolute Gasteiger partial charge is 0.343 e. The number of benzene rings is 1. The van der Waals surface area contributed by atoms with E-state index in [2.05, 4.69) is 16.6 Å². The van der Waals surface area contributed by atoms with Gasteiger partial charge >= 0.3 is 17.9 Å². The number of carboxylic acid groups (broad SMARTS) is 1. The van der Waals surface area contributed by atoms with E-state index in [-0.39, 0.29) is 6.42 Å². The van der Waals surface area contributed by atoms with Gasteiger partial charge in [-0.25, -0.2) is 4.79 Å². The molecule has 0 aliphatic carbocycles. The van der Waals surface area contributed by atoms with Crippen molar-refractivity contribution in [3.63, 3.8) is 0 Å². The molecule has 0 saturated carbocycles. The maximum Gasteiger partial charge on any atom is 0.343 e. The molecular weight excluding hydrogens is 290 g/mol. The second kappa shape index (κ2) is 8.58. The van der Waals surface area contributed by atoms with E-state index in [0.29, 0.717) is 12.1 Å². The van der Waals surface area contributed by atoms with E-state index in [9.17, 15) is 19.5 Å². The summed E-state index contributed by atoms with van der Waals surface area (Å²) in [5.41, 5.74) is 1.47. The second-order valence-electron chi connectivity index (χ2n) is 4.45. The van der Waals surface area contributed by atoms with E-state index in [1.54, 1.807) is 30.3 Å². The van der Waals surface area contributed by atoms with Gasteiger partial charge in [0.05, 0.1) is 12.8 Å². The minimum atomic E-state index is -1.85. The van der Waals surface area contributed by atoms with Gasteiger partial charge < -0.3 is 20.3 Å². The van der Waals surface area contributed by atoms with Gasteiger partial charge in [0, 0.05) is 12.2 Å². The lowest BCUT2D eigenvalue weighted by Gasteiger charge is -2.08. The van der Waals surface area contributed by atoms with Crippen molar-refractivity contribution in [1.29, 1.82) is 0 Å². The predicted octanol–water partition coefficient (Wildman–Crippen LogP) is 0.732.